The molecule has 5 aromatic rings. The Bertz CT molecular complexity index is 1680. The molecule has 0 bridgehead atoms. The minimum Gasteiger partial charge on any atom is -0.383 e. The van der Waals surface area contributed by atoms with Gasteiger partial charge in [-0.05, 0) is 58.5 Å². The Kier molecular flexibility index (Phi) is 7.22. The number of carbonyl (C=O) groups is 2. The third-order valence-electron chi connectivity index (χ3n) is 6.11. The molecule has 0 saturated carbocycles. The van der Waals surface area contributed by atoms with E-state index in [1.165, 1.54) is 19.1 Å². The van der Waals surface area contributed by atoms with E-state index in [4.69, 9.17) is 11.5 Å². The van der Waals surface area contributed by atoms with Gasteiger partial charge < -0.3 is 27.4 Å². The van der Waals surface area contributed by atoms with Crippen LogP contribution in [-0.2, 0) is 11.3 Å². The van der Waals surface area contributed by atoms with Crippen LogP contribution in [0.15, 0.2) is 78.3 Å². The number of carbonyl (C=O) groups excluding carboxylic acids is 2. The van der Waals surface area contributed by atoms with Crippen LogP contribution >= 0.6 is 11.3 Å². The smallest absolute Gasteiger partial charge is 0.323 e. The number of nitrogen functional groups attached to an aromatic ring is 1. The van der Waals surface area contributed by atoms with E-state index in [0.29, 0.717) is 17.1 Å². The molecule has 3 aromatic carbocycles. The molecule has 0 saturated heterocycles. The van der Waals surface area contributed by atoms with E-state index >= 15 is 0 Å². The van der Waals surface area contributed by atoms with Crippen LogP contribution in [0, 0.1) is 5.82 Å². The van der Waals surface area contributed by atoms with Gasteiger partial charge in [0.2, 0.25) is 5.91 Å². The lowest BCUT2D eigenvalue weighted by Gasteiger charge is -2.11. The fourth-order valence-corrected chi connectivity index (χ4v) is 5.35. The molecule has 0 aliphatic heterocycles. The van der Waals surface area contributed by atoms with E-state index < -0.39 is 11.8 Å². The number of benzene rings is 3. The monoisotopic (exact) mass is 540 g/mol. The quantitative estimate of drug-likeness (QED) is 0.170. The molecule has 3 amide bonds. The minimum atomic E-state index is -0.570. The number of thiophene rings is 1. The number of nitrogens with two attached hydrogens (primary N) is 2. The summed E-state index contributed by atoms with van der Waals surface area (Å²) in [5, 5.41) is 10.9. The molecule has 5 rings (SSSR count). The summed E-state index contributed by atoms with van der Waals surface area (Å²) in [6.07, 6.45) is 1.75. The number of nitrogens with zero attached hydrogens (tertiary/aromatic N) is 1. The molecule has 196 valence electrons. The van der Waals surface area contributed by atoms with Crippen molar-refractivity contribution in [2.24, 2.45) is 5.73 Å². The summed E-state index contributed by atoms with van der Waals surface area (Å²) in [6, 6.07) is 18.6. The van der Waals surface area contributed by atoms with Crippen LogP contribution in [0.1, 0.15) is 12.5 Å². The zero-order valence-corrected chi connectivity index (χ0v) is 21.7. The minimum absolute atomic E-state index is 0.0559. The first-order valence-electron chi connectivity index (χ1n) is 12.0. The van der Waals surface area contributed by atoms with Gasteiger partial charge >= 0.3 is 6.03 Å². The maximum atomic E-state index is 14.1. The van der Waals surface area contributed by atoms with Crippen molar-refractivity contribution in [3.8, 4) is 22.3 Å². The number of hydrogen-bond acceptors (Lipinski definition) is 6. The van der Waals surface area contributed by atoms with Crippen LogP contribution in [0.4, 0.5) is 32.1 Å². The lowest BCUT2D eigenvalue weighted by molar-refractivity contribution is -0.114. The van der Waals surface area contributed by atoms with Gasteiger partial charge in [-0.3, -0.25) is 4.79 Å². The van der Waals surface area contributed by atoms with E-state index in [1.807, 2.05) is 41.8 Å². The van der Waals surface area contributed by atoms with Crippen molar-refractivity contribution in [3.63, 3.8) is 0 Å². The summed E-state index contributed by atoms with van der Waals surface area (Å²) in [7, 11) is 0. The number of urea groups is 1. The van der Waals surface area contributed by atoms with Gasteiger partial charge in [0.15, 0.2) is 0 Å². The van der Waals surface area contributed by atoms with Crippen LogP contribution in [-0.4, -0.2) is 16.9 Å². The Labute approximate surface area is 227 Å². The zero-order valence-electron chi connectivity index (χ0n) is 20.9. The number of halogens is 1. The maximum Gasteiger partial charge on any atom is 0.323 e. The Morgan fingerprint density at radius 1 is 0.897 bits per heavy atom. The zero-order chi connectivity index (χ0) is 27.5. The van der Waals surface area contributed by atoms with Crippen molar-refractivity contribution in [2.45, 2.75) is 13.5 Å². The first kappa shape index (κ1) is 25.8. The van der Waals surface area contributed by atoms with E-state index in [0.717, 1.165) is 38.0 Å². The highest BCUT2D eigenvalue weighted by Crippen LogP contribution is 2.42. The number of hydrogen-bond donors (Lipinski definition) is 5. The second kappa shape index (κ2) is 10.9. The summed E-state index contributed by atoms with van der Waals surface area (Å²) in [5.74, 6) is -0.255. The number of amides is 3. The number of nitrogens with one attached hydrogen (secondary N) is 3. The molecule has 2 aromatic heterocycles. The second-order valence-electron chi connectivity index (χ2n) is 8.84. The van der Waals surface area contributed by atoms with Gasteiger partial charge in [-0.1, -0.05) is 30.3 Å². The van der Waals surface area contributed by atoms with Gasteiger partial charge in [0.1, 0.15) is 11.6 Å². The summed E-state index contributed by atoms with van der Waals surface area (Å²) in [6.45, 7) is 1.71. The first-order chi connectivity index (χ1) is 18.8. The van der Waals surface area contributed by atoms with Gasteiger partial charge in [-0.15, -0.1) is 11.3 Å². The molecule has 0 unspecified atom stereocenters. The summed E-state index contributed by atoms with van der Waals surface area (Å²) < 4.78 is 15.1. The maximum absolute atomic E-state index is 14.1. The Balaban J connectivity index is 1.37. The molecule has 10 heteroatoms. The normalized spacial score (nSPS) is 10.8. The molecule has 0 radical (unpaired) electrons. The standard InChI is InChI=1S/C29H25FN6O2S/c1-16(37)34-20-7-3-18(4-8-20)22-14-33-28(32)26-23(15-39-27(22)26)19-5-9-21(10-6-19)35-29(38)36-25-12-17(13-31)2-11-24(25)30/h2-12,14-15H,13,31H2,1H3,(H2,32,33)(H,34,37)(H2,35,36,38). The van der Waals surface area contributed by atoms with Crippen molar-refractivity contribution in [3.05, 3.63) is 89.7 Å². The van der Waals surface area contributed by atoms with Crippen LogP contribution in [0.2, 0.25) is 0 Å². The van der Waals surface area contributed by atoms with Gasteiger partial charge in [0, 0.05) is 52.3 Å². The van der Waals surface area contributed by atoms with Crippen molar-refractivity contribution in [1.82, 2.24) is 4.98 Å². The van der Waals surface area contributed by atoms with E-state index in [9.17, 15) is 14.0 Å². The molecule has 0 atom stereocenters. The van der Waals surface area contributed by atoms with E-state index in [1.54, 1.807) is 35.7 Å². The highest BCUT2D eigenvalue weighted by molar-refractivity contribution is 7.18. The Hall–Kier alpha value is -4.80. The van der Waals surface area contributed by atoms with Crippen molar-refractivity contribution >= 4 is 56.2 Å². The first-order valence-corrected chi connectivity index (χ1v) is 12.9. The number of pyridine rings is 1. The van der Waals surface area contributed by atoms with Crippen LogP contribution in [0.5, 0.6) is 0 Å². The van der Waals surface area contributed by atoms with Crippen molar-refractivity contribution in [1.29, 1.82) is 0 Å². The number of fused-ring (bicyclic) bond motifs is 1. The number of rotatable bonds is 6. The topological polar surface area (TPSA) is 135 Å². The molecule has 0 aliphatic rings. The molecule has 0 spiro atoms. The predicted octanol–water partition coefficient (Wildman–Crippen LogP) is 6.41. The second-order valence-corrected chi connectivity index (χ2v) is 9.72. The van der Waals surface area contributed by atoms with Crippen LogP contribution < -0.4 is 27.4 Å². The largest absolute Gasteiger partial charge is 0.383 e. The molecular weight excluding hydrogens is 515 g/mol. The van der Waals surface area contributed by atoms with Crippen molar-refractivity contribution < 1.29 is 14.0 Å². The Morgan fingerprint density at radius 2 is 1.54 bits per heavy atom. The third kappa shape index (κ3) is 5.57. The summed E-state index contributed by atoms with van der Waals surface area (Å²) >= 11 is 1.57. The average Bonchev–Trinajstić information content (AvgIpc) is 3.37. The molecule has 39 heavy (non-hydrogen) atoms. The molecule has 2 heterocycles. The lowest BCUT2D eigenvalue weighted by Crippen LogP contribution is -2.20. The van der Waals surface area contributed by atoms with Gasteiger partial charge in [0.25, 0.3) is 0 Å². The summed E-state index contributed by atoms with van der Waals surface area (Å²) in [5.41, 5.74) is 17.7. The fraction of sp³-hybridized carbons (Fsp3) is 0.0690. The van der Waals surface area contributed by atoms with Gasteiger partial charge in [-0.2, -0.15) is 0 Å². The average molecular weight is 541 g/mol. The predicted molar refractivity (Wildman–Crippen MR) is 156 cm³/mol. The van der Waals surface area contributed by atoms with Gasteiger partial charge in [-0.25, -0.2) is 14.2 Å². The molecule has 0 fully saturated rings. The third-order valence-corrected chi connectivity index (χ3v) is 7.12. The van der Waals surface area contributed by atoms with Gasteiger partial charge in [0.05, 0.1) is 5.69 Å². The van der Waals surface area contributed by atoms with E-state index in [-0.39, 0.29) is 18.1 Å². The highest BCUT2D eigenvalue weighted by Gasteiger charge is 2.16. The van der Waals surface area contributed by atoms with Crippen LogP contribution in [0.3, 0.4) is 0 Å². The molecule has 7 N–H and O–H groups in total. The molecule has 0 aliphatic carbocycles. The lowest BCUT2D eigenvalue weighted by atomic mass is 10.0. The van der Waals surface area contributed by atoms with Crippen molar-refractivity contribution in [2.75, 3.05) is 21.7 Å². The fourth-order valence-electron chi connectivity index (χ4n) is 4.24. The van der Waals surface area contributed by atoms with E-state index in [2.05, 4.69) is 20.9 Å². The Morgan fingerprint density at radius 3 is 2.18 bits per heavy atom. The molecular formula is C29H25FN6O2S. The summed E-state index contributed by atoms with van der Waals surface area (Å²) in [4.78, 5) is 28.2. The van der Waals surface area contributed by atoms with Crippen LogP contribution in [0.25, 0.3) is 32.3 Å². The number of aromatic nitrogens is 1. The molecule has 8 nitrogen and oxygen atoms in total. The SMILES string of the molecule is CC(=O)Nc1ccc(-c2cnc(N)c3c(-c4ccc(NC(=O)Nc5cc(CN)ccc5F)cc4)csc23)cc1. The highest BCUT2D eigenvalue weighted by atomic mass is 32.1. The number of anilines is 4.